The van der Waals surface area contributed by atoms with E-state index in [0.717, 1.165) is 41.0 Å². The molecule has 4 rings (SSSR count). The van der Waals surface area contributed by atoms with Gasteiger partial charge in [0.2, 0.25) is 0 Å². The fourth-order valence-electron chi connectivity index (χ4n) is 3.37. The molecule has 3 heterocycles. The number of nitrogens with two attached hydrogens (primary N) is 1. The molecule has 0 spiro atoms. The zero-order chi connectivity index (χ0) is 17.4. The number of carbonyl (C=O) groups is 1. The van der Waals surface area contributed by atoms with E-state index in [2.05, 4.69) is 10.00 Å². The van der Waals surface area contributed by atoms with Crippen LogP contribution < -0.4 is 5.73 Å². The maximum absolute atomic E-state index is 12.0. The average molecular weight is 356 g/mol. The molecule has 2 aromatic heterocycles. The molecule has 0 radical (unpaired) electrons. The van der Waals surface area contributed by atoms with Crippen LogP contribution in [-0.2, 0) is 18.3 Å². The Morgan fingerprint density at radius 3 is 3.00 bits per heavy atom. The monoisotopic (exact) mass is 356 g/mol. The van der Waals surface area contributed by atoms with E-state index in [4.69, 9.17) is 10.5 Å². The lowest BCUT2D eigenvalue weighted by Crippen LogP contribution is -2.38. The Labute approximate surface area is 149 Å². The minimum Gasteiger partial charge on any atom is -0.371 e. The second-order valence-corrected chi connectivity index (χ2v) is 7.30. The number of primary amides is 1. The molecule has 0 aliphatic carbocycles. The van der Waals surface area contributed by atoms with E-state index in [-0.39, 0.29) is 12.0 Å². The largest absolute Gasteiger partial charge is 0.371 e. The topological polar surface area (TPSA) is 73.4 Å². The first kappa shape index (κ1) is 16.3. The van der Waals surface area contributed by atoms with E-state index in [0.29, 0.717) is 11.5 Å². The SMILES string of the molecule is Cn1nccc1CN1CCO[C@@H](c2c(C(N)=O)sc3ccccc23)C1. The summed E-state index contributed by atoms with van der Waals surface area (Å²) in [6, 6.07) is 10.0. The summed E-state index contributed by atoms with van der Waals surface area (Å²) in [5.74, 6) is -0.386. The van der Waals surface area contributed by atoms with Crippen molar-refractivity contribution in [1.82, 2.24) is 14.7 Å². The normalized spacial score (nSPS) is 18.7. The summed E-state index contributed by atoms with van der Waals surface area (Å²) in [5.41, 5.74) is 7.73. The molecule has 1 saturated heterocycles. The molecule has 0 bridgehead atoms. The van der Waals surface area contributed by atoms with E-state index in [9.17, 15) is 4.79 Å². The molecule has 2 N–H and O–H groups in total. The summed E-state index contributed by atoms with van der Waals surface area (Å²) in [5, 5.41) is 5.29. The fraction of sp³-hybridized carbons (Fsp3) is 0.333. The molecule has 1 amide bonds. The van der Waals surface area contributed by atoms with E-state index < -0.39 is 0 Å². The van der Waals surface area contributed by atoms with Crippen molar-refractivity contribution in [3.63, 3.8) is 0 Å². The third kappa shape index (κ3) is 3.06. The Kier molecular flexibility index (Phi) is 4.29. The van der Waals surface area contributed by atoms with Crippen molar-refractivity contribution in [2.75, 3.05) is 19.7 Å². The van der Waals surface area contributed by atoms with Gasteiger partial charge in [0.05, 0.1) is 23.3 Å². The Morgan fingerprint density at radius 2 is 2.24 bits per heavy atom. The van der Waals surface area contributed by atoms with Crippen molar-refractivity contribution in [1.29, 1.82) is 0 Å². The van der Waals surface area contributed by atoms with Crippen molar-refractivity contribution in [3.05, 3.63) is 52.7 Å². The minimum atomic E-state index is -0.386. The average Bonchev–Trinajstić information content (AvgIpc) is 3.19. The quantitative estimate of drug-likeness (QED) is 0.778. The molecule has 1 aliphatic heterocycles. The molecule has 0 unspecified atom stereocenters. The van der Waals surface area contributed by atoms with Crippen LogP contribution in [0.1, 0.15) is 27.0 Å². The predicted molar refractivity (Wildman–Crippen MR) is 97.5 cm³/mol. The van der Waals surface area contributed by atoms with Gasteiger partial charge < -0.3 is 10.5 Å². The van der Waals surface area contributed by atoms with Gasteiger partial charge in [-0.05, 0) is 17.5 Å². The Bertz CT molecular complexity index is 917. The maximum atomic E-state index is 12.0. The van der Waals surface area contributed by atoms with Crippen LogP contribution in [0.5, 0.6) is 0 Å². The van der Waals surface area contributed by atoms with E-state index in [1.54, 1.807) is 0 Å². The van der Waals surface area contributed by atoms with Crippen LogP contribution in [0, 0.1) is 0 Å². The minimum absolute atomic E-state index is 0.152. The highest BCUT2D eigenvalue weighted by Gasteiger charge is 2.29. The first-order valence-electron chi connectivity index (χ1n) is 8.25. The Balaban J connectivity index is 1.65. The zero-order valence-electron chi connectivity index (χ0n) is 14.0. The van der Waals surface area contributed by atoms with Crippen molar-refractivity contribution in [3.8, 4) is 0 Å². The smallest absolute Gasteiger partial charge is 0.259 e. The van der Waals surface area contributed by atoms with Crippen LogP contribution in [0.25, 0.3) is 10.1 Å². The standard InChI is InChI=1S/C18H20N4O2S/c1-21-12(6-7-20-21)10-22-8-9-24-14(11-22)16-13-4-2-3-5-15(13)25-17(16)18(19)23/h2-7,14H,8-11H2,1H3,(H2,19,23)/t14-/m1/s1. The van der Waals surface area contributed by atoms with Crippen molar-refractivity contribution < 1.29 is 9.53 Å². The summed E-state index contributed by atoms with van der Waals surface area (Å²) in [4.78, 5) is 14.9. The van der Waals surface area contributed by atoms with Gasteiger partial charge in [-0.2, -0.15) is 5.10 Å². The molecule has 6 nitrogen and oxygen atoms in total. The van der Waals surface area contributed by atoms with Crippen LogP contribution >= 0.6 is 11.3 Å². The molecular formula is C18H20N4O2S. The van der Waals surface area contributed by atoms with Gasteiger partial charge in [0.1, 0.15) is 0 Å². The molecule has 1 aliphatic rings. The summed E-state index contributed by atoms with van der Waals surface area (Å²) in [6.07, 6.45) is 1.66. The number of morpholine rings is 1. The Hall–Kier alpha value is -2.22. The maximum Gasteiger partial charge on any atom is 0.259 e. The van der Waals surface area contributed by atoms with E-state index >= 15 is 0 Å². The van der Waals surface area contributed by atoms with Gasteiger partial charge in [-0.1, -0.05) is 18.2 Å². The number of hydrogen-bond donors (Lipinski definition) is 1. The molecule has 1 aromatic carbocycles. The number of carbonyl (C=O) groups excluding carboxylic acids is 1. The van der Waals surface area contributed by atoms with Gasteiger partial charge in [0.15, 0.2) is 0 Å². The fourth-order valence-corrected chi connectivity index (χ4v) is 4.48. The van der Waals surface area contributed by atoms with Gasteiger partial charge in [-0.3, -0.25) is 14.4 Å². The highest BCUT2D eigenvalue weighted by atomic mass is 32.1. The van der Waals surface area contributed by atoms with Crippen LogP contribution in [0.2, 0.25) is 0 Å². The first-order chi connectivity index (χ1) is 12.1. The predicted octanol–water partition coefficient (Wildman–Crippen LogP) is 2.31. The number of ether oxygens (including phenoxy) is 1. The lowest BCUT2D eigenvalue weighted by molar-refractivity contribution is -0.0329. The summed E-state index contributed by atoms with van der Waals surface area (Å²) in [6.45, 7) is 3.02. The molecule has 1 fully saturated rings. The van der Waals surface area contributed by atoms with Gasteiger partial charge in [-0.15, -0.1) is 11.3 Å². The summed E-state index contributed by atoms with van der Waals surface area (Å²) < 4.78 is 8.99. The lowest BCUT2D eigenvalue weighted by Gasteiger charge is -2.33. The number of nitrogens with zero attached hydrogens (tertiary/aromatic N) is 3. The molecular weight excluding hydrogens is 336 g/mol. The van der Waals surface area contributed by atoms with Crippen LogP contribution in [-0.4, -0.2) is 40.3 Å². The number of aryl methyl sites for hydroxylation is 1. The van der Waals surface area contributed by atoms with Gasteiger partial charge in [0.25, 0.3) is 5.91 Å². The zero-order valence-corrected chi connectivity index (χ0v) is 14.8. The molecule has 130 valence electrons. The van der Waals surface area contributed by atoms with E-state index in [1.165, 1.54) is 11.3 Å². The molecule has 25 heavy (non-hydrogen) atoms. The number of rotatable bonds is 4. The number of aromatic nitrogens is 2. The van der Waals surface area contributed by atoms with Gasteiger partial charge in [0, 0.05) is 43.1 Å². The van der Waals surface area contributed by atoms with Crippen molar-refractivity contribution in [2.24, 2.45) is 12.8 Å². The first-order valence-corrected chi connectivity index (χ1v) is 9.07. The summed E-state index contributed by atoms with van der Waals surface area (Å²) in [7, 11) is 1.95. The number of amides is 1. The van der Waals surface area contributed by atoms with Crippen molar-refractivity contribution in [2.45, 2.75) is 12.6 Å². The lowest BCUT2D eigenvalue weighted by atomic mass is 10.0. The highest BCUT2D eigenvalue weighted by Crippen LogP contribution is 2.38. The van der Waals surface area contributed by atoms with Crippen LogP contribution in [0.15, 0.2) is 36.5 Å². The van der Waals surface area contributed by atoms with Gasteiger partial charge >= 0.3 is 0 Å². The molecule has 1 atom stereocenters. The third-order valence-electron chi connectivity index (χ3n) is 4.64. The molecule has 0 saturated carbocycles. The second-order valence-electron chi connectivity index (χ2n) is 6.25. The van der Waals surface area contributed by atoms with E-state index in [1.807, 2.05) is 48.3 Å². The summed E-state index contributed by atoms with van der Waals surface area (Å²) >= 11 is 1.45. The highest BCUT2D eigenvalue weighted by molar-refractivity contribution is 7.21. The number of hydrogen-bond acceptors (Lipinski definition) is 5. The molecule has 3 aromatic rings. The van der Waals surface area contributed by atoms with Crippen molar-refractivity contribution >= 4 is 27.3 Å². The second kappa shape index (κ2) is 6.59. The van der Waals surface area contributed by atoms with Gasteiger partial charge in [-0.25, -0.2) is 0 Å². The van der Waals surface area contributed by atoms with Crippen LogP contribution in [0.4, 0.5) is 0 Å². The molecule has 7 heteroatoms. The number of benzene rings is 1. The number of thiophene rings is 1. The number of fused-ring (bicyclic) bond motifs is 1. The van der Waals surface area contributed by atoms with Crippen LogP contribution in [0.3, 0.4) is 0 Å². The third-order valence-corrected chi connectivity index (χ3v) is 5.84. The Morgan fingerprint density at radius 1 is 1.40 bits per heavy atom.